The molecule has 13 unspecified atom stereocenters. The van der Waals surface area contributed by atoms with Gasteiger partial charge in [-0.15, -0.1) is 0 Å². The van der Waals surface area contributed by atoms with Crippen LogP contribution in [0.5, 0.6) is 5.75 Å². The van der Waals surface area contributed by atoms with Crippen molar-refractivity contribution in [3.8, 4) is 28.0 Å². The van der Waals surface area contributed by atoms with Gasteiger partial charge in [0.15, 0.2) is 0 Å². The van der Waals surface area contributed by atoms with Crippen molar-refractivity contribution in [2.75, 3.05) is 9.80 Å². The average Bonchev–Trinajstić information content (AvgIpc) is 4.09. The van der Waals surface area contributed by atoms with Crippen LogP contribution >= 0.6 is 0 Å². The molecule has 8 saturated carbocycles. The van der Waals surface area contributed by atoms with Crippen molar-refractivity contribution in [2.45, 2.75) is 88.4 Å². The van der Waals surface area contributed by atoms with Gasteiger partial charge in [-0.1, -0.05) is 91.0 Å². The number of aryl methyl sites for hydroxylation is 2. The zero-order valence-corrected chi connectivity index (χ0v) is 45.5. The number of rotatable bonds is 6. The van der Waals surface area contributed by atoms with E-state index in [1.165, 1.54) is 102 Å². The number of fused-ring (bicyclic) bond motifs is 22. The summed E-state index contributed by atoms with van der Waals surface area (Å²) < 4.78 is 14.1. The first-order valence-corrected chi connectivity index (χ1v) is 30.6. The molecule has 1 aliphatic heterocycles. The summed E-state index contributed by atoms with van der Waals surface area (Å²) in [6.45, 7) is 4.41. The second-order valence-corrected chi connectivity index (χ2v) is 27.7. The van der Waals surface area contributed by atoms with E-state index >= 15 is 0 Å². The fourth-order valence-corrected chi connectivity index (χ4v) is 22.8. The molecule has 0 radical (unpaired) electrons. The lowest BCUT2D eigenvalue weighted by Crippen LogP contribution is -2.65. The van der Waals surface area contributed by atoms with Crippen LogP contribution in [0.1, 0.15) is 108 Å². The molecule has 9 aromatic rings. The van der Waals surface area contributed by atoms with Crippen molar-refractivity contribution in [1.82, 2.24) is 0 Å². The van der Waals surface area contributed by atoms with Gasteiger partial charge in [0.05, 0.1) is 5.92 Å². The maximum Gasteiger partial charge on any atom is 0.137 e. The van der Waals surface area contributed by atoms with E-state index in [2.05, 4.69) is 200 Å². The molecule has 388 valence electrons. The summed E-state index contributed by atoms with van der Waals surface area (Å²) in [6.07, 6.45) is 14.6. The highest BCUT2D eigenvalue weighted by Gasteiger charge is 2.83. The van der Waals surface area contributed by atoms with Crippen molar-refractivity contribution in [3.05, 3.63) is 226 Å². The van der Waals surface area contributed by atoms with E-state index in [0.29, 0.717) is 10.8 Å². The summed E-state index contributed by atoms with van der Waals surface area (Å²) in [6, 6.07) is 66.0. The molecule has 12 aliphatic rings. The molecule has 0 N–H and O–H groups in total. The second-order valence-electron chi connectivity index (χ2n) is 27.7. The lowest BCUT2D eigenvalue weighted by Gasteiger charge is -2.70. The van der Waals surface area contributed by atoms with Gasteiger partial charge in [0.25, 0.3) is 0 Å². The predicted molar refractivity (Wildman–Crippen MR) is 319 cm³/mol. The van der Waals surface area contributed by atoms with E-state index in [1.807, 2.05) is 0 Å². The number of ether oxygens (including phenoxy) is 1. The average molecular weight is 1040 g/mol. The van der Waals surface area contributed by atoms with Crippen LogP contribution < -0.4 is 14.5 Å². The minimum atomic E-state index is 0.0892. The van der Waals surface area contributed by atoms with Crippen LogP contribution in [0.15, 0.2) is 180 Å². The number of furan rings is 1. The highest BCUT2D eigenvalue weighted by Crippen LogP contribution is 2.89. The van der Waals surface area contributed by atoms with Crippen molar-refractivity contribution < 1.29 is 9.15 Å². The molecule has 21 rings (SSSR count). The van der Waals surface area contributed by atoms with Crippen molar-refractivity contribution in [3.63, 3.8) is 0 Å². The van der Waals surface area contributed by atoms with Gasteiger partial charge in [-0.2, -0.15) is 0 Å². The lowest BCUT2D eigenvalue weighted by atomic mass is 9.34. The quantitative estimate of drug-likeness (QED) is 0.166. The molecule has 4 bridgehead atoms. The van der Waals surface area contributed by atoms with Crippen molar-refractivity contribution >= 4 is 51.2 Å². The molecule has 2 heterocycles. The summed E-state index contributed by atoms with van der Waals surface area (Å²) >= 11 is 0. The summed E-state index contributed by atoms with van der Waals surface area (Å²) in [7, 11) is 0. The standard InChI is InChI=1S/C76H62N2O2/c1-41-9-7-11-49(25-41)77(51-19-23-65-59(33-51)55-13-3-5-15-63(55)75(65)47-29-43-27-45-31-71(75)73(43,45)39-47)53-17-21-57-61-37-70-62(38-69(61)79-67(57)35-53)58-22-18-54(36-68(58)80-70)78(50-12-8-10-42(2)26-50)52-20-24-66-60(34-52)56-14-4-6-16-64(56)76(66)48-30-44-28-46-32-72(76)74(44,46)40-48/h3-26,33-37,43-48,62,71-72H,27-32,38-40H2,1-2H3. The minimum absolute atomic E-state index is 0.0892. The molecule has 1 aromatic heterocycles. The Labute approximate surface area is 468 Å². The smallest absolute Gasteiger partial charge is 0.137 e. The Morgan fingerprint density at radius 3 is 1.51 bits per heavy atom. The molecule has 4 heteroatoms. The van der Waals surface area contributed by atoms with E-state index in [1.54, 1.807) is 22.3 Å². The third-order valence-electron chi connectivity index (χ3n) is 25.4. The van der Waals surface area contributed by atoms with Gasteiger partial charge < -0.3 is 19.0 Å². The van der Waals surface area contributed by atoms with E-state index in [-0.39, 0.29) is 16.7 Å². The van der Waals surface area contributed by atoms with E-state index < -0.39 is 0 Å². The highest BCUT2D eigenvalue weighted by molar-refractivity contribution is 5.95. The highest BCUT2D eigenvalue weighted by atomic mass is 16.5. The lowest BCUT2D eigenvalue weighted by molar-refractivity contribution is -0.193. The Morgan fingerprint density at radius 2 is 0.938 bits per heavy atom. The summed E-state index contributed by atoms with van der Waals surface area (Å²) in [5.41, 5.74) is 26.6. The van der Waals surface area contributed by atoms with Gasteiger partial charge in [-0.05, 0) is 252 Å². The van der Waals surface area contributed by atoms with Crippen molar-refractivity contribution in [2.24, 2.45) is 58.2 Å². The molecule has 4 nitrogen and oxygen atoms in total. The van der Waals surface area contributed by atoms with E-state index in [4.69, 9.17) is 9.15 Å². The van der Waals surface area contributed by atoms with Gasteiger partial charge in [0.1, 0.15) is 22.9 Å². The molecule has 80 heavy (non-hydrogen) atoms. The largest absolute Gasteiger partial charge is 0.461 e. The van der Waals surface area contributed by atoms with Crippen LogP contribution in [0.2, 0.25) is 0 Å². The van der Waals surface area contributed by atoms with Gasteiger partial charge in [-0.3, -0.25) is 0 Å². The van der Waals surface area contributed by atoms with Crippen LogP contribution in [0, 0.1) is 72.0 Å². The molecule has 0 amide bonds. The Morgan fingerprint density at radius 1 is 0.438 bits per heavy atom. The van der Waals surface area contributed by atoms with Gasteiger partial charge in [0, 0.05) is 80.0 Å². The number of nitrogens with zero attached hydrogens (tertiary/aromatic N) is 2. The third kappa shape index (κ3) is 4.71. The van der Waals surface area contributed by atoms with Gasteiger partial charge >= 0.3 is 0 Å². The first-order chi connectivity index (χ1) is 39.3. The van der Waals surface area contributed by atoms with Crippen molar-refractivity contribution in [1.29, 1.82) is 0 Å². The van der Waals surface area contributed by atoms with Gasteiger partial charge in [-0.25, -0.2) is 0 Å². The first-order valence-electron chi connectivity index (χ1n) is 30.6. The Bertz CT molecular complexity index is 4390. The summed E-state index contributed by atoms with van der Waals surface area (Å²) in [5, 5.41) is 1.13. The van der Waals surface area contributed by atoms with E-state index in [9.17, 15) is 0 Å². The third-order valence-corrected chi connectivity index (χ3v) is 25.4. The zero-order valence-electron chi connectivity index (χ0n) is 45.5. The SMILES string of the molecule is Cc1cccc(N(c2ccc3c(c2)OC2=Cc4c(oc5cc(N(c6cccc(C)c6)c6ccc7c(c6)-c6ccccc6C76C7CC8CC9CC6C89C7)ccc45)CC23)c2ccc3c(c2)-c2ccccc2C32C3CC4CC5CC2C45C3)c1. The normalized spacial score (nSPS) is 33.7. The Hall–Kier alpha value is -7.56. The number of benzene rings is 8. The maximum absolute atomic E-state index is 7.04. The number of allylic oxidation sites excluding steroid dienone is 1. The van der Waals surface area contributed by atoms with Crippen LogP contribution in [0.4, 0.5) is 34.1 Å². The Kier molecular flexibility index (Phi) is 7.64. The van der Waals surface area contributed by atoms with Gasteiger partial charge in [0.2, 0.25) is 0 Å². The molecule has 0 saturated heterocycles. The summed E-state index contributed by atoms with van der Waals surface area (Å²) in [5.74, 6) is 10.1. The molecular formula is C76H62N2O2. The van der Waals surface area contributed by atoms with Crippen LogP contribution in [-0.2, 0) is 17.3 Å². The molecule has 11 aliphatic carbocycles. The number of anilines is 6. The van der Waals surface area contributed by atoms with Crippen LogP contribution in [0.25, 0.3) is 39.3 Å². The Balaban J connectivity index is 0.630. The zero-order chi connectivity index (χ0) is 51.9. The van der Waals surface area contributed by atoms with E-state index in [0.717, 1.165) is 110 Å². The molecule has 8 fully saturated rings. The van der Waals surface area contributed by atoms with Crippen LogP contribution in [0.3, 0.4) is 0 Å². The monoisotopic (exact) mass is 1030 g/mol. The first kappa shape index (κ1) is 43.3. The summed E-state index contributed by atoms with van der Waals surface area (Å²) in [4.78, 5) is 4.94. The van der Waals surface area contributed by atoms with Crippen LogP contribution in [-0.4, -0.2) is 0 Å². The minimum Gasteiger partial charge on any atom is -0.461 e. The number of hydrogen-bond donors (Lipinski definition) is 0. The molecule has 13 atom stereocenters. The fourth-order valence-electron chi connectivity index (χ4n) is 22.8. The molecular weight excluding hydrogens is 973 g/mol. The maximum atomic E-state index is 7.04. The second kappa shape index (κ2) is 14.1. The number of hydrogen-bond acceptors (Lipinski definition) is 4. The molecule has 8 aromatic carbocycles. The predicted octanol–water partition coefficient (Wildman–Crippen LogP) is 18.7. The topological polar surface area (TPSA) is 28.9 Å². The molecule has 4 spiro atoms. The fraction of sp³-hybridized carbons (Fsp3) is 0.316.